The van der Waals surface area contributed by atoms with E-state index in [1.807, 2.05) is 0 Å². The third-order valence-electron chi connectivity index (χ3n) is 5.23. The number of imidazole rings is 1. The van der Waals surface area contributed by atoms with Crippen LogP contribution in [0.4, 0.5) is 5.82 Å². The van der Waals surface area contributed by atoms with Gasteiger partial charge in [-0.25, -0.2) is 9.98 Å². The molecule has 2 aliphatic heterocycles. The van der Waals surface area contributed by atoms with Gasteiger partial charge < -0.3 is 25.4 Å². The molecule has 3 rings (SSSR count). The predicted molar refractivity (Wildman–Crippen MR) is 97.1 cm³/mol. The Morgan fingerprint density at radius 2 is 1.86 bits per heavy atom. The topological polar surface area (TPSA) is 189 Å². The zero-order valence-corrected chi connectivity index (χ0v) is 16.4. The van der Waals surface area contributed by atoms with E-state index >= 15 is 0 Å². The van der Waals surface area contributed by atoms with Crippen LogP contribution in [0.15, 0.2) is 11.3 Å². The van der Waals surface area contributed by atoms with Crippen molar-refractivity contribution in [2.45, 2.75) is 55.5 Å². The molecule has 1 aromatic heterocycles. The number of ether oxygens (including phenoxy) is 1. The van der Waals surface area contributed by atoms with Crippen LogP contribution in [0.5, 0.6) is 0 Å². The van der Waals surface area contributed by atoms with E-state index in [1.165, 1.54) is 0 Å². The minimum absolute atomic E-state index is 0.0121. The number of nitrogens with two attached hydrogens (primary N) is 1. The summed E-state index contributed by atoms with van der Waals surface area (Å²) in [4.78, 5) is 44.6. The van der Waals surface area contributed by atoms with E-state index < -0.39 is 52.1 Å². The van der Waals surface area contributed by atoms with Crippen LogP contribution in [-0.4, -0.2) is 72.0 Å². The maximum atomic E-state index is 12.5. The maximum Gasteiger partial charge on any atom is 0.212 e. The van der Waals surface area contributed by atoms with Gasteiger partial charge in [-0.1, -0.05) is 11.6 Å². The lowest BCUT2D eigenvalue weighted by Gasteiger charge is -2.38. The van der Waals surface area contributed by atoms with Gasteiger partial charge in [0.1, 0.15) is 17.9 Å². The van der Waals surface area contributed by atoms with Crippen LogP contribution in [-0.2, 0) is 24.2 Å². The number of hydrogen-bond acceptors (Lipinski definition) is 11. The quantitative estimate of drug-likeness (QED) is 0.257. The Balaban J connectivity index is 2.24. The number of rotatable bonds is 5. The van der Waals surface area contributed by atoms with Gasteiger partial charge >= 0.3 is 0 Å². The van der Waals surface area contributed by atoms with Gasteiger partial charge in [-0.05, 0) is 20.8 Å². The van der Waals surface area contributed by atoms with E-state index in [-0.39, 0.29) is 11.5 Å². The molecule has 13 heteroatoms. The summed E-state index contributed by atoms with van der Waals surface area (Å²) in [6.45, 7) is 2.82. The van der Waals surface area contributed by atoms with Crippen molar-refractivity contribution in [3.8, 4) is 0 Å². The molecule has 3 heterocycles. The number of aliphatic imine (C=N–C) groups is 1. The van der Waals surface area contributed by atoms with Crippen LogP contribution in [0.1, 0.15) is 32.7 Å². The Morgan fingerprint density at radius 3 is 2.38 bits per heavy atom. The normalized spacial score (nSPS) is 37.0. The number of hydrogen-bond donors (Lipinski definition) is 5. The lowest BCUT2D eigenvalue weighted by molar-refractivity contribution is -0.184. The maximum absolute atomic E-state index is 12.5. The number of nitrogens with one attached hydrogen (secondary N) is 1. The van der Waals surface area contributed by atoms with E-state index in [1.54, 1.807) is 0 Å². The van der Waals surface area contributed by atoms with Gasteiger partial charge in [-0.15, -0.1) is 0 Å². The minimum Gasteiger partial charge on any atom is -0.382 e. The van der Waals surface area contributed by atoms with E-state index in [0.29, 0.717) is 0 Å². The van der Waals surface area contributed by atoms with Crippen molar-refractivity contribution in [3.63, 3.8) is 0 Å². The molecule has 1 fully saturated rings. The van der Waals surface area contributed by atoms with Gasteiger partial charge in [0.2, 0.25) is 10.7 Å². The van der Waals surface area contributed by atoms with Crippen molar-refractivity contribution in [3.05, 3.63) is 12.0 Å². The summed E-state index contributed by atoms with van der Waals surface area (Å²) < 4.78 is 6.59. The number of fused-ring (bicyclic) bond motifs is 1. The van der Waals surface area contributed by atoms with Gasteiger partial charge in [0.05, 0.1) is 12.7 Å². The molecule has 6 N–H and O–H groups in total. The Labute approximate surface area is 169 Å². The molecule has 6 atom stereocenters. The molecule has 1 saturated heterocycles. The fraction of sp³-hybridized carbons (Fsp3) is 0.562. The van der Waals surface area contributed by atoms with E-state index in [9.17, 15) is 29.7 Å². The highest BCUT2D eigenvalue weighted by molar-refractivity contribution is 6.24. The van der Waals surface area contributed by atoms with Crippen LogP contribution >= 0.6 is 11.6 Å². The van der Waals surface area contributed by atoms with Crippen molar-refractivity contribution in [1.82, 2.24) is 14.9 Å². The molecule has 158 valence electrons. The molecule has 0 radical (unpaired) electrons. The predicted octanol–water partition coefficient (Wildman–Crippen LogP) is -2.06. The Morgan fingerprint density at radius 1 is 1.28 bits per heavy atom. The summed E-state index contributed by atoms with van der Waals surface area (Å²) in [6, 6.07) is 0. The first-order valence-corrected chi connectivity index (χ1v) is 8.84. The standard InChI is InChI=1S/C16H20ClN5O7/c1-6(23)9(26)11-14(27,7(2)24)15(28,8(3)25)13(29-11)22-5-20-10-12(22)19-4-21-16(10,17)18/h4-5,9,11,13,26-28H,18H2,1-3H3,(H,19,21)/t9?,11-,13-,14-,15+,16?/m1/s1. The van der Waals surface area contributed by atoms with Crippen LogP contribution in [0, 0.1) is 0 Å². The van der Waals surface area contributed by atoms with E-state index in [2.05, 4.69) is 15.3 Å². The second-order valence-corrected chi connectivity index (χ2v) is 7.64. The molecule has 0 aromatic carbocycles. The number of aliphatic hydroxyl groups is 3. The number of alkyl halides is 1. The first kappa shape index (κ1) is 21.5. The number of ketones is 3. The second-order valence-electron chi connectivity index (χ2n) is 7.05. The minimum atomic E-state index is -2.94. The molecule has 1 aromatic rings. The molecule has 12 nitrogen and oxygen atoms in total. The number of carbonyl (C=O) groups is 3. The lowest BCUT2D eigenvalue weighted by Crippen LogP contribution is -2.67. The van der Waals surface area contributed by atoms with E-state index in [4.69, 9.17) is 22.1 Å². The fourth-order valence-corrected chi connectivity index (χ4v) is 3.78. The summed E-state index contributed by atoms with van der Waals surface area (Å²) in [5, 5.41) is 33.5. The first-order chi connectivity index (χ1) is 13.3. The highest BCUT2D eigenvalue weighted by atomic mass is 35.5. The number of aliphatic hydroxyl groups excluding tert-OH is 1. The number of Topliss-reactive ketones (excluding diaryl/α,β-unsaturated/α-hetero) is 3. The van der Waals surface area contributed by atoms with Crippen LogP contribution < -0.4 is 11.1 Å². The van der Waals surface area contributed by atoms with Crippen molar-refractivity contribution in [2.24, 2.45) is 10.7 Å². The highest BCUT2D eigenvalue weighted by Crippen LogP contribution is 2.50. The average Bonchev–Trinajstić information content (AvgIpc) is 3.14. The molecule has 0 bridgehead atoms. The van der Waals surface area contributed by atoms with Gasteiger partial charge in [-0.3, -0.25) is 24.7 Å². The van der Waals surface area contributed by atoms with Crippen LogP contribution in [0.25, 0.3) is 0 Å². The highest BCUT2D eigenvalue weighted by Gasteiger charge is 2.73. The third-order valence-corrected chi connectivity index (χ3v) is 5.52. The number of carbonyl (C=O) groups excluding carboxylic acids is 3. The monoisotopic (exact) mass is 429 g/mol. The Hall–Kier alpha value is -2.22. The second kappa shape index (κ2) is 6.65. The zero-order valence-electron chi connectivity index (χ0n) is 15.7. The molecule has 2 aliphatic rings. The SMILES string of the molecule is CC(=O)C(O)[C@H]1O[C@@H](n2cnc3c2N=CNC3(N)Cl)[C@@](O)(C(C)=O)[C@@]1(O)C(C)=O. The first-order valence-electron chi connectivity index (χ1n) is 8.46. The van der Waals surface area contributed by atoms with Crippen molar-refractivity contribution < 1.29 is 34.4 Å². The zero-order chi connectivity index (χ0) is 21.9. The smallest absolute Gasteiger partial charge is 0.212 e. The van der Waals surface area contributed by atoms with Gasteiger partial charge in [0.15, 0.2) is 35.0 Å². The number of nitrogens with zero attached hydrogens (tertiary/aromatic N) is 3. The molecule has 29 heavy (non-hydrogen) atoms. The van der Waals surface area contributed by atoms with Gasteiger partial charge in [0, 0.05) is 0 Å². The Kier molecular flexibility index (Phi) is 4.93. The molecule has 0 spiro atoms. The van der Waals surface area contributed by atoms with Crippen molar-refractivity contribution in [1.29, 1.82) is 0 Å². The Bertz CT molecular complexity index is 931. The fourth-order valence-electron chi connectivity index (χ4n) is 3.60. The van der Waals surface area contributed by atoms with Gasteiger partial charge in [0.25, 0.3) is 0 Å². The molecular weight excluding hydrogens is 410 g/mol. The van der Waals surface area contributed by atoms with Crippen LogP contribution in [0.3, 0.4) is 0 Å². The third kappa shape index (κ3) is 2.75. The molecule has 0 saturated carbocycles. The lowest BCUT2D eigenvalue weighted by atomic mass is 9.73. The molecule has 2 unspecified atom stereocenters. The number of halogens is 1. The van der Waals surface area contributed by atoms with Crippen molar-refractivity contribution >= 4 is 41.1 Å². The molecule has 0 amide bonds. The summed E-state index contributed by atoms with van der Waals surface area (Å²) >= 11 is 6.12. The van der Waals surface area contributed by atoms with Crippen LogP contribution in [0.2, 0.25) is 0 Å². The molecular formula is C16H20ClN5O7. The summed E-state index contributed by atoms with van der Waals surface area (Å²) in [7, 11) is 0. The van der Waals surface area contributed by atoms with Crippen molar-refractivity contribution in [2.75, 3.05) is 0 Å². The van der Waals surface area contributed by atoms with Gasteiger partial charge in [-0.2, -0.15) is 0 Å². The van der Waals surface area contributed by atoms with E-state index in [0.717, 1.165) is 38.0 Å². The number of aromatic nitrogens is 2. The average molecular weight is 430 g/mol. The summed E-state index contributed by atoms with van der Waals surface area (Å²) in [5.74, 6) is -3.02. The summed E-state index contributed by atoms with van der Waals surface area (Å²) in [5.41, 5.74) is 0.0547. The summed E-state index contributed by atoms with van der Waals surface area (Å²) in [6.07, 6.45) is -3.51. The largest absolute Gasteiger partial charge is 0.382 e. The molecule has 0 aliphatic carbocycles.